The lowest BCUT2D eigenvalue weighted by Gasteiger charge is -2.02. The van der Waals surface area contributed by atoms with Crippen LogP contribution in [0.2, 0.25) is 0 Å². The number of pyridine rings is 1. The van der Waals surface area contributed by atoms with Gasteiger partial charge in [-0.25, -0.2) is 19.6 Å². The summed E-state index contributed by atoms with van der Waals surface area (Å²) < 4.78 is 1.79. The number of benzene rings is 1. The van der Waals surface area contributed by atoms with E-state index >= 15 is 0 Å². The Kier molecular flexibility index (Phi) is 3.69. The molecule has 3 heterocycles. The average molecular weight is 320 g/mol. The van der Waals surface area contributed by atoms with Gasteiger partial charge in [-0.15, -0.1) is 5.10 Å². The Hall–Kier alpha value is -2.80. The van der Waals surface area contributed by atoms with Crippen LogP contribution in [0.25, 0.3) is 11.2 Å². The first-order valence-electron chi connectivity index (χ1n) is 7.07. The Morgan fingerprint density at radius 1 is 0.913 bits per heavy atom. The van der Waals surface area contributed by atoms with E-state index in [0.29, 0.717) is 12.1 Å². The molecule has 0 N–H and O–H groups in total. The van der Waals surface area contributed by atoms with E-state index in [1.165, 1.54) is 11.8 Å². The molecular weight excluding hydrogens is 308 g/mol. The van der Waals surface area contributed by atoms with Gasteiger partial charge in [0.2, 0.25) is 0 Å². The van der Waals surface area contributed by atoms with Gasteiger partial charge in [-0.2, -0.15) is 0 Å². The van der Waals surface area contributed by atoms with Crippen LogP contribution in [0.5, 0.6) is 0 Å². The summed E-state index contributed by atoms with van der Waals surface area (Å²) in [6.45, 7) is 0.627. The van der Waals surface area contributed by atoms with Gasteiger partial charge in [-0.1, -0.05) is 41.6 Å². The van der Waals surface area contributed by atoms with Crippen LogP contribution in [-0.2, 0) is 6.54 Å². The van der Waals surface area contributed by atoms with Crippen LogP contribution >= 0.6 is 11.8 Å². The summed E-state index contributed by atoms with van der Waals surface area (Å²) in [5, 5.41) is 10.1. The molecule has 0 unspecified atom stereocenters. The lowest BCUT2D eigenvalue weighted by atomic mass is 10.2. The third-order valence-corrected chi connectivity index (χ3v) is 4.22. The largest absolute Gasteiger partial charge is 0.250 e. The van der Waals surface area contributed by atoms with Gasteiger partial charge in [-0.05, 0) is 29.5 Å². The zero-order chi connectivity index (χ0) is 15.5. The summed E-state index contributed by atoms with van der Waals surface area (Å²) in [6.07, 6.45) is 3.30. The molecule has 0 bridgehead atoms. The molecular formula is C16H12N6S. The zero-order valence-electron chi connectivity index (χ0n) is 12.1. The van der Waals surface area contributed by atoms with Crippen LogP contribution in [0.15, 0.2) is 71.1 Å². The Labute approximate surface area is 136 Å². The van der Waals surface area contributed by atoms with Crippen molar-refractivity contribution in [2.75, 3.05) is 0 Å². The lowest BCUT2D eigenvalue weighted by molar-refractivity contribution is 0.664. The number of aromatic nitrogens is 6. The maximum Gasteiger partial charge on any atom is 0.183 e. The van der Waals surface area contributed by atoms with E-state index in [0.717, 1.165) is 21.3 Å². The highest BCUT2D eigenvalue weighted by Crippen LogP contribution is 2.28. The maximum atomic E-state index is 4.33. The van der Waals surface area contributed by atoms with Gasteiger partial charge < -0.3 is 0 Å². The van der Waals surface area contributed by atoms with E-state index in [1.807, 2.05) is 36.4 Å². The fraction of sp³-hybridized carbons (Fsp3) is 0.0625. The van der Waals surface area contributed by atoms with Crippen LogP contribution in [0.4, 0.5) is 0 Å². The first kappa shape index (κ1) is 13.8. The molecule has 0 saturated heterocycles. The van der Waals surface area contributed by atoms with E-state index in [9.17, 15) is 0 Å². The molecule has 3 aromatic heterocycles. The predicted octanol–water partition coefficient (Wildman–Crippen LogP) is 2.82. The van der Waals surface area contributed by atoms with Crippen LogP contribution in [-0.4, -0.2) is 29.9 Å². The molecule has 0 saturated carbocycles. The smallest absolute Gasteiger partial charge is 0.183 e. The molecule has 0 radical (unpaired) electrons. The molecule has 23 heavy (non-hydrogen) atoms. The first-order chi connectivity index (χ1) is 11.4. The summed E-state index contributed by atoms with van der Waals surface area (Å²) in [5.41, 5.74) is 2.57. The fourth-order valence-corrected chi connectivity index (χ4v) is 3.00. The van der Waals surface area contributed by atoms with Crippen molar-refractivity contribution in [1.29, 1.82) is 0 Å². The second-order valence-corrected chi connectivity index (χ2v) is 5.86. The molecule has 0 fully saturated rings. The molecule has 112 valence electrons. The summed E-state index contributed by atoms with van der Waals surface area (Å²) in [4.78, 5) is 13.0. The number of hydrogen-bond acceptors (Lipinski definition) is 6. The second-order valence-electron chi connectivity index (χ2n) is 4.85. The Bertz CT molecular complexity index is 923. The highest BCUT2D eigenvalue weighted by molar-refractivity contribution is 7.99. The van der Waals surface area contributed by atoms with Crippen LogP contribution < -0.4 is 0 Å². The third kappa shape index (κ3) is 2.91. The molecule has 4 rings (SSSR count). The van der Waals surface area contributed by atoms with Crippen LogP contribution in [0.3, 0.4) is 0 Å². The van der Waals surface area contributed by atoms with Crippen LogP contribution in [0.1, 0.15) is 5.56 Å². The normalized spacial score (nSPS) is 11.0. The lowest BCUT2D eigenvalue weighted by Crippen LogP contribution is -2.02. The summed E-state index contributed by atoms with van der Waals surface area (Å²) in [5.74, 6) is 0. The minimum absolute atomic E-state index is 0.627. The maximum absolute atomic E-state index is 4.33. The van der Waals surface area contributed by atoms with Crippen molar-refractivity contribution in [1.82, 2.24) is 29.9 Å². The van der Waals surface area contributed by atoms with Crippen molar-refractivity contribution in [2.24, 2.45) is 0 Å². The summed E-state index contributed by atoms with van der Waals surface area (Å²) in [6, 6.07) is 15.9. The Morgan fingerprint density at radius 3 is 2.61 bits per heavy atom. The highest BCUT2D eigenvalue weighted by atomic mass is 32.2. The van der Waals surface area contributed by atoms with Gasteiger partial charge in [0.25, 0.3) is 0 Å². The SMILES string of the molecule is c1ccc(Cn2nnc3c(Sc4ccccn4)ncnc32)cc1. The number of nitrogens with zero attached hydrogens (tertiary/aromatic N) is 6. The summed E-state index contributed by atoms with van der Waals surface area (Å²) >= 11 is 1.46. The minimum Gasteiger partial charge on any atom is -0.250 e. The molecule has 0 aliphatic heterocycles. The quantitative estimate of drug-likeness (QED) is 0.539. The van der Waals surface area contributed by atoms with Crippen molar-refractivity contribution in [3.63, 3.8) is 0 Å². The number of fused-ring (bicyclic) bond motifs is 1. The molecule has 7 heteroatoms. The highest BCUT2D eigenvalue weighted by Gasteiger charge is 2.13. The zero-order valence-corrected chi connectivity index (χ0v) is 12.9. The second kappa shape index (κ2) is 6.13. The van der Waals surface area contributed by atoms with Gasteiger partial charge in [-0.3, -0.25) is 0 Å². The van der Waals surface area contributed by atoms with E-state index in [4.69, 9.17) is 0 Å². The fourth-order valence-electron chi connectivity index (χ4n) is 2.22. The molecule has 0 aliphatic carbocycles. The Morgan fingerprint density at radius 2 is 1.78 bits per heavy atom. The van der Waals surface area contributed by atoms with Crippen molar-refractivity contribution >= 4 is 22.9 Å². The van der Waals surface area contributed by atoms with Crippen molar-refractivity contribution in [3.05, 3.63) is 66.6 Å². The minimum atomic E-state index is 0.627. The van der Waals surface area contributed by atoms with Crippen molar-refractivity contribution < 1.29 is 0 Å². The van der Waals surface area contributed by atoms with E-state index in [-0.39, 0.29) is 0 Å². The van der Waals surface area contributed by atoms with Gasteiger partial charge in [0.15, 0.2) is 11.2 Å². The van der Waals surface area contributed by atoms with Crippen LogP contribution in [0, 0.1) is 0 Å². The molecule has 1 aromatic carbocycles. The standard InChI is InChI=1S/C16H12N6S/c1-2-6-12(7-3-1)10-22-15-14(20-21-22)16(19-11-18-15)23-13-8-4-5-9-17-13/h1-9,11H,10H2. The first-order valence-corrected chi connectivity index (χ1v) is 7.89. The summed E-state index contributed by atoms with van der Waals surface area (Å²) in [7, 11) is 0. The van der Waals surface area contributed by atoms with Gasteiger partial charge in [0, 0.05) is 6.20 Å². The predicted molar refractivity (Wildman–Crippen MR) is 87.0 cm³/mol. The molecule has 0 spiro atoms. The topological polar surface area (TPSA) is 69.4 Å². The third-order valence-electron chi connectivity index (χ3n) is 3.28. The van der Waals surface area contributed by atoms with E-state index in [2.05, 4.69) is 37.4 Å². The molecule has 0 aliphatic rings. The van der Waals surface area contributed by atoms with Gasteiger partial charge >= 0.3 is 0 Å². The molecule has 0 atom stereocenters. The monoisotopic (exact) mass is 320 g/mol. The van der Waals surface area contributed by atoms with E-state index in [1.54, 1.807) is 17.2 Å². The van der Waals surface area contributed by atoms with E-state index < -0.39 is 0 Å². The van der Waals surface area contributed by atoms with Crippen molar-refractivity contribution in [2.45, 2.75) is 16.6 Å². The van der Waals surface area contributed by atoms with Crippen molar-refractivity contribution in [3.8, 4) is 0 Å². The average Bonchev–Trinajstić information content (AvgIpc) is 3.01. The van der Waals surface area contributed by atoms with Gasteiger partial charge in [0.1, 0.15) is 16.4 Å². The van der Waals surface area contributed by atoms with Gasteiger partial charge in [0.05, 0.1) is 6.54 Å². The molecule has 0 amide bonds. The number of rotatable bonds is 4. The molecule has 4 aromatic rings. The Balaban J connectivity index is 1.69. The number of hydrogen-bond donors (Lipinski definition) is 0. The molecule has 6 nitrogen and oxygen atoms in total.